The molecule has 0 N–H and O–H groups in total. The molecule has 5 aromatic rings. The molecule has 32 heavy (non-hydrogen) atoms. The molecule has 0 fully saturated rings. The van der Waals surface area contributed by atoms with Gasteiger partial charge in [0.25, 0.3) is 0 Å². The van der Waals surface area contributed by atoms with Crippen LogP contribution in [0.4, 0.5) is 0 Å². The van der Waals surface area contributed by atoms with Crippen LogP contribution in [0.3, 0.4) is 0 Å². The SMILES string of the molecule is CCc1cc2c(-c3ccccc3)cccc2[cH-]1.Cl.Cl.[CH3-].[CH3-].[Si]=[Zr].c1ccc2[cH-]ccc2c1. The van der Waals surface area contributed by atoms with E-state index < -0.39 is 0 Å². The molecule has 0 spiro atoms. The zero-order valence-corrected chi connectivity index (χ0v) is 23.9. The minimum Gasteiger partial charge on any atom is -0.168 e. The summed E-state index contributed by atoms with van der Waals surface area (Å²) in [5.41, 5.74) is 4.05. The van der Waals surface area contributed by atoms with Crippen LogP contribution in [0.25, 0.3) is 32.7 Å². The predicted molar refractivity (Wildman–Crippen MR) is 147 cm³/mol. The van der Waals surface area contributed by atoms with Crippen LogP contribution in [-0.2, 0) is 29.8 Å². The number of hydrogen-bond acceptors (Lipinski definition) is 0. The first-order chi connectivity index (χ1) is 13.8. The van der Waals surface area contributed by atoms with Gasteiger partial charge in [0, 0.05) is 0 Å². The van der Waals surface area contributed by atoms with E-state index in [2.05, 4.69) is 117 Å². The van der Waals surface area contributed by atoms with Crippen molar-refractivity contribution in [3.8, 4) is 11.1 Å². The largest absolute Gasteiger partial charge is 0.168 e. The van der Waals surface area contributed by atoms with Gasteiger partial charge in [-0.1, -0.05) is 55.0 Å². The summed E-state index contributed by atoms with van der Waals surface area (Å²) < 4.78 is 0. The topological polar surface area (TPSA) is 0 Å². The number of fused-ring (bicyclic) bond motifs is 2. The molecule has 0 nitrogen and oxygen atoms in total. The van der Waals surface area contributed by atoms with Gasteiger partial charge in [0.15, 0.2) is 0 Å². The van der Waals surface area contributed by atoms with E-state index in [-0.39, 0.29) is 39.7 Å². The fourth-order valence-corrected chi connectivity index (χ4v) is 3.44. The molecule has 0 atom stereocenters. The van der Waals surface area contributed by atoms with Crippen LogP contribution in [0.2, 0.25) is 0 Å². The van der Waals surface area contributed by atoms with Gasteiger partial charge in [-0.15, -0.1) is 89.0 Å². The van der Waals surface area contributed by atoms with Crippen LogP contribution in [0.15, 0.2) is 103 Å². The molecule has 4 heteroatoms. The van der Waals surface area contributed by atoms with Crippen molar-refractivity contribution in [3.05, 3.63) is 124 Å². The molecule has 0 aliphatic rings. The van der Waals surface area contributed by atoms with E-state index in [1.165, 1.54) is 61.6 Å². The monoisotopic (exact) mass is 554 g/mol. The maximum atomic E-state index is 3.06. The van der Waals surface area contributed by atoms with Crippen molar-refractivity contribution in [2.45, 2.75) is 13.3 Å². The van der Waals surface area contributed by atoms with Crippen molar-refractivity contribution < 1.29 is 23.3 Å². The minimum absolute atomic E-state index is 0. The normalized spacial score (nSPS) is 8.75. The zero-order chi connectivity index (χ0) is 19.8. The van der Waals surface area contributed by atoms with Gasteiger partial charge in [0.2, 0.25) is 0 Å². The van der Waals surface area contributed by atoms with E-state index in [1.54, 1.807) is 0 Å². The van der Waals surface area contributed by atoms with Crippen LogP contribution < -0.4 is 0 Å². The number of hydrogen-bond donors (Lipinski definition) is 0. The van der Waals surface area contributed by atoms with Gasteiger partial charge in [-0.2, -0.15) is 23.6 Å². The van der Waals surface area contributed by atoms with Crippen molar-refractivity contribution in [1.29, 1.82) is 0 Å². The number of benzene rings is 3. The molecule has 0 heterocycles. The Kier molecular flexibility index (Phi) is 17.5. The molecule has 0 saturated heterocycles. The van der Waals surface area contributed by atoms with Crippen molar-refractivity contribution in [2.75, 3.05) is 0 Å². The molecule has 0 amide bonds. The van der Waals surface area contributed by atoms with Gasteiger partial charge in [0.05, 0.1) is 0 Å². The molecule has 0 aliphatic heterocycles. The van der Waals surface area contributed by atoms with E-state index in [0.29, 0.717) is 0 Å². The first-order valence-corrected chi connectivity index (χ1v) is 13.6. The molecule has 0 aromatic heterocycles. The Bertz CT molecular complexity index is 1120. The van der Waals surface area contributed by atoms with Crippen LogP contribution in [0, 0.1) is 14.9 Å². The van der Waals surface area contributed by atoms with Crippen molar-refractivity contribution in [2.24, 2.45) is 0 Å². The van der Waals surface area contributed by atoms with E-state index in [1.807, 2.05) is 0 Å². The Labute approximate surface area is 223 Å². The van der Waals surface area contributed by atoms with Crippen LogP contribution >= 0.6 is 24.8 Å². The standard InChI is InChI=1S/C17H15.C9H7.2CH3.2ClH.Si.Zr/c1-2-13-11-15-9-6-10-16(17(15)12-13)14-7-4-3-5-8-14;1-2-5-9-7-3-6-8(9)4-1;;;;;;/h3-12H,2H2,1H3;1-7H;2*1H3;2*1H;;/q4*-1;;;;. The van der Waals surface area contributed by atoms with Crippen molar-refractivity contribution in [3.63, 3.8) is 0 Å². The second-order valence-corrected chi connectivity index (χ2v) is 6.55. The number of aryl methyl sites for hydroxylation is 1. The van der Waals surface area contributed by atoms with Gasteiger partial charge in [-0.3, -0.25) is 0 Å². The molecule has 0 unspecified atom stereocenters. The molecule has 0 saturated carbocycles. The van der Waals surface area contributed by atoms with Gasteiger partial charge in [-0.05, 0) is 12.0 Å². The van der Waals surface area contributed by atoms with Crippen LogP contribution in [0.5, 0.6) is 0 Å². The average molecular weight is 557 g/mol. The number of halogens is 2. The molecular formula is C28H30Cl2SiZr-4. The summed E-state index contributed by atoms with van der Waals surface area (Å²) in [6, 6.07) is 36.4. The first kappa shape index (κ1) is 32.7. The molecule has 5 rings (SSSR count). The number of rotatable bonds is 2. The third-order valence-corrected chi connectivity index (χ3v) is 4.85. The summed E-state index contributed by atoms with van der Waals surface area (Å²) in [6.45, 7) is 5.27. The average Bonchev–Trinajstić information content (AvgIpc) is 3.42. The van der Waals surface area contributed by atoms with E-state index in [9.17, 15) is 0 Å². The minimum atomic E-state index is 0. The quantitative estimate of drug-likeness (QED) is 0.151. The summed E-state index contributed by atoms with van der Waals surface area (Å²) in [5.74, 6) is 0. The predicted octanol–water partition coefficient (Wildman–Crippen LogP) is 8.71. The second kappa shape index (κ2) is 17.1. The summed E-state index contributed by atoms with van der Waals surface area (Å²) in [6.07, 6.45) is 1.10. The van der Waals surface area contributed by atoms with E-state index in [4.69, 9.17) is 0 Å². The third-order valence-electron chi connectivity index (χ3n) is 4.85. The van der Waals surface area contributed by atoms with E-state index in [0.717, 1.165) is 6.42 Å². The van der Waals surface area contributed by atoms with Crippen LogP contribution in [0.1, 0.15) is 12.5 Å². The van der Waals surface area contributed by atoms with Crippen LogP contribution in [-0.4, -0.2) is 6.88 Å². The van der Waals surface area contributed by atoms with Crippen molar-refractivity contribution >= 4 is 53.2 Å². The first-order valence-electron chi connectivity index (χ1n) is 9.44. The van der Waals surface area contributed by atoms with Gasteiger partial charge >= 0.3 is 30.2 Å². The summed E-state index contributed by atoms with van der Waals surface area (Å²) in [7, 11) is 0. The Balaban J connectivity index is 0. The molecule has 5 aromatic carbocycles. The van der Waals surface area contributed by atoms with Gasteiger partial charge in [-0.25, -0.2) is 0 Å². The molecular weight excluding hydrogens is 527 g/mol. The Morgan fingerprint density at radius 2 is 1.38 bits per heavy atom. The van der Waals surface area contributed by atoms with E-state index >= 15 is 0 Å². The van der Waals surface area contributed by atoms with Crippen molar-refractivity contribution in [1.82, 2.24) is 0 Å². The second-order valence-electron chi connectivity index (χ2n) is 6.55. The van der Waals surface area contributed by atoms with Gasteiger partial charge in [0.1, 0.15) is 0 Å². The Hall–Kier alpha value is -1.44. The fraction of sp³-hybridized carbons (Fsp3) is 0.0714. The zero-order valence-electron chi connectivity index (χ0n) is 18.8. The maximum absolute atomic E-state index is 3.06. The third kappa shape index (κ3) is 8.16. The molecule has 0 aliphatic carbocycles. The summed E-state index contributed by atoms with van der Waals surface area (Å²) in [4.78, 5) is 0. The maximum Gasteiger partial charge on any atom is -0.0809 e. The Morgan fingerprint density at radius 3 is 2.03 bits per heavy atom. The fourth-order valence-electron chi connectivity index (χ4n) is 3.44. The molecule has 0 bridgehead atoms. The summed E-state index contributed by atoms with van der Waals surface area (Å²) in [5, 5.41) is 5.38. The van der Waals surface area contributed by atoms with Gasteiger partial charge < -0.3 is 14.9 Å². The molecule has 168 valence electrons. The summed E-state index contributed by atoms with van der Waals surface area (Å²) >= 11 is 1.36. The smallest absolute Gasteiger partial charge is 0.0809 e. The molecule has 2 radical (unpaired) electrons. The Morgan fingerprint density at radius 1 is 0.750 bits per heavy atom.